The van der Waals surface area contributed by atoms with Crippen LogP contribution in [0.3, 0.4) is 0 Å². The van der Waals surface area contributed by atoms with Gasteiger partial charge in [-0.1, -0.05) is 49.4 Å². The second-order valence-corrected chi connectivity index (χ2v) is 6.89. The van der Waals surface area contributed by atoms with Crippen LogP contribution in [-0.4, -0.2) is 29.7 Å². The molecule has 0 aliphatic carbocycles. The minimum absolute atomic E-state index is 0.0777. The Morgan fingerprint density at radius 2 is 1.52 bits per heavy atom. The van der Waals surface area contributed by atoms with Crippen LogP contribution in [0.2, 0.25) is 0 Å². The Hall–Kier alpha value is -2.42. The van der Waals surface area contributed by atoms with E-state index in [1.54, 1.807) is 0 Å². The highest BCUT2D eigenvalue weighted by molar-refractivity contribution is 5.97. The summed E-state index contributed by atoms with van der Waals surface area (Å²) in [6.45, 7) is 3.69. The second-order valence-electron chi connectivity index (χ2n) is 6.89. The van der Waals surface area contributed by atoms with E-state index in [-0.39, 0.29) is 17.6 Å². The van der Waals surface area contributed by atoms with Crippen LogP contribution < -0.4 is 0 Å². The Bertz CT molecular complexity index is 715. The van der Waals surface area contributed by atoms with Gasteiger partial charge in [0, 0.05) is 30.1 Å². The monoisotopic (exact) mass is 335 g/mol. The van der Waals surface area contributed by atoms with E-state index in [9.17, 15) is 9.59 Å². The van der Waals surface area contributed by atoms with Crippen molar-refractivity contribution in [2.45, 2.75) is 32.6 Å². The van der Waals surface area contributed by atoms with E-state index in [1.807, 2.05) is 66.4 Å². The minimum atomic E-state index is -0.0777. The summed E-state index contributed by atoms with van der Waals surface area (Å²) < 4.78 is 0. The maximum absolute atomic E-state index is 12.5. The van der Waals surface area contributed by atoms with Crippen LogP contribution in [0.4, 0.5) is 0 Å². The molecule has 2 aromatic rings. The van der Waals surface area contributed by atoms with Gasteiger partial charge in [-0.15, -0.1) is 0 Å². The molecule has 1 unspecified atom stereocenters. The number of carbonyl (C=O) groups is 2. The second kappa shape index (κ2) is 8.11. The van der Waals surface area contributed by atoms with Crippen LogP contribution in [0, 0.1) is 5.92 Å². The molecule has 25 heavy (non-hydrogen) atoms. The van der Waals surface area contributed by atoms with Crippen LogP contribution in [0.25, 0.3) is 0 Å². The molecule has 1 saturated heterocycles. The van der Waals surface area contributed by atoms with Gasteiger partial charge < -0.3 is 4.90 Å². The lowest BCUT2D eigenvalue weighted by Gasteiger charge is -2.26. The number of Topliss-reactive ketones (excluding diaryl/α,β-unsaturated/α-hetero) is 1. The summed E-state index contributed by atoms with van der Waals surface area (Å²) in [5.74, 6) is 0.208. The molecule has 0 radical (unpaired) electrons. The lowest BCUT2D eigenvalue weighted by molar-refractivity contribution is 0.0724. The van der Waals surface area contributed by atoms with Crippen molar-refractivity contribution in [1.82, 2.24) is 4.90 Å². The van der Waals surface area contributed by atoms with Gasteiger partial charge in [0.2, 0.25) is 0 Å². The smallest absolute Gasteiger partial charge is 0.253 e. The normalized spacial score (nSPS) is 15.6. The third-order valence-corrected chi connectivity index (χ3v) is 4.89. The Balaban J connectivity index is 1.62. The number of amides is 1. The van der Waals surface area contributed by atoms with Crippen LogP contribution in [0.15, 0.2) is 54.6 Å². The Labute approximate surface area is 149 Å². The number of likely N-dealkylation sites (tertiary alicyclic amines) is 1. The maximum Gasteiger partial charge on any atom is 0.253 e. The van der Waals surface area contributed by atoms with Crippen LogP contribution in [0.1, 0.15) is 52.5 Å². The van der Waals surface area contributed by atoms with Gasteiger partial charge in [0.05, 0.1) is 0 Å². The molecule has 130 valence electrons. The molecule has 0 spiro atoms. The highest BCUT2D eigenvalue weighted by atomic mass is 16.2. The quantitative estimate of drug-likeness (QED) is 0.761. The summed E-state index contributed by atoms with van der Waals surface area (Å²) in [4.78, 5) is 26.9. The van der Waals surface area contributed by atoms with Crippen LogP contribution >= 0.6 is 0 Å². The molecule has 1 atom stereocenters. The van der Waals surface area contributed by atoms with Gasteiger partial charge in [-0.2, -0.15) is 0 Å². The third-order valence-electron chi connectivity index (χ3n) is 4.89. The molecule has 1 fully saturated rings. The largest absolute Gasteiger partial charge is 0.339 e. The first-order valence-electron chi connectivity index (χ1n) is 9.12. The zero-order valence-corrected chi connectivity index (χ0v) is 14.8. The number of carbonyl (C=O) groups excluding carboxylic acids is 2. The van der Waals surface area contributed by atoms with Crippen molar-refractivity contribution >= 4 is 11.7 Å². The third kappa shape index (κ3) is 4.36. The number of ketones is 1. The van der Waals surface area contributed by atoms with Crippen molar-refractivity contribution < 1.29 is 9.59 Å². The molecular weight excluding hydrogens is 310 g/mol. The molecule has 1 aliphatic heterocycles. The summed E-state index contributed by atoms with van der Waals surface area (Å²) in [6.07, 6.45) is 4.10. The fourth-order valence-corrected chi connectivity index (χ4v) is 3.40. The lowest BCUT2D eigenvalue weighted by Crippen LogP contribution is -2.35. The maximum atomic E-state index is 12.5. The number of nitrogens with zero attached hydrogens (tertiary/aromatic N) is 1. The molecule has 1 aliphatic rings. The molecule has 3 rings (SSSR count). The van der Waals surface area contributed by atoms with Crippen molar-refractivity contribution in [2.75, 3.05) is 13.1 Å². The molecular formula is C22H25NO2. The summed E-state index contributed by atoms with van der Waals surface area (Å²) in [5.41, 5.74) is 2.59. The van der Waals surface area contributed by atoms with Crippen molar-refractivity contribution in [2.24, 2.45) is 5.92 Å². The number of rotatable bonds is 5. The Morgan fingerprint density at radius 1 is 0.880 bits per heavy atom. The number of hydrogen-bond acceptors (Lipinski definition) is 2. The summed E-state index contributed by atoms with van der Waals surface area (Å²) >= 11 is 0. The Morgan fingerprint density at radius 3 is 2.16 bits per heavy atom. The number of benzene rings is 2. The molecule has 1 heterocycles. The first-order chi connectivity index (χ1) is 12.1. The standard InChI is InChI=1S/C22H25NO2/c1-17(21(24)19-8-4-2-5-9-19)16-18-10-12-20(13-11-18)22(25)23-14-6-3-7-15-23/h2,4-5,8-13,17H,3,6-7,14-16H2,1H3. The van der Waals surface area contributed by atoms with Crippen molar-refractivity contribution in [1.29, 1.82) is 0 Å². The Kier molecular flexibility index (Phi) is 5.64. The average Bonchev–Trinajstić information content (AvgIpc) is 2.68. The van der Waals surface area contributed by atoms with E-state index in [2.05, 4.69) is 0 Å². The predicted octanol–water partition coefficient (Wildman–Crippen LogP) is 4.37. The molecule has 3 nitrogen and oxygen atoms in total. The van der Waals surface area contributed by atoms with Gasteiger partial charge in [-0.25, -0.2) is 0 Å². The van der Waals surface area contributed by atoms with E-state index >= 15 is 0 Å². The summed E-state index contributed by atoms with van der Waals surface area (Å²) in [6, 6.07) is 17.2. The van der Waals surface area contributed by atoms with Gasteiger partial charge in [0.15, 0.2) is 5.78 Å². The lowest BCUT2D eigenvalue weighted by atomic mass is 9.92. The first-order valence-corrected chi connectivity index (χ1v) is 9.12. The molecule has 3 heteroatoms. The van der Waals surface area contributed by atoms with E-state index < -0.39 is 0 Å². The number of hydrogen-bond donors (Lipinski definition) is 0. The van der Waals surface area contributed by atoms with E-state index in [0.29, 0.717) is 6.42 Å². The fourth-order valence-electron chi connectivity index (χ4n) is 3.40. The number of piperidine rings is 1. The molecule has 2 aromatic carbocycles. The summed E-state index contributed by atoms with van der Waals surface area (Å²) in [5, 5.41) is 0. The predicted molar refractivity (Wildman–Crippen MR) is 99.8 cm³/mol. The molecule has 0 saturated carbocycles. The van der Waals surface area contributed by atoms with Crippen molar-refractivity contribution in [3.63, 3.8) is 0 Å². The topological polar surface area (TPSA) is 37.4 Å². The first kappa shape index (κ1) is 17.4. The fraction of sp³-hybridized carbons (Fsp3) is 0.364. The van der Waals surface area contributed by atoms with Gasteiger partial charge in [0.25, 0.3) is 5.91 Å². The van der Waals surface area contributed by atoms with Crippen LogP contribution in [0.5, 0.6) is 0 Å². The zero-order chi connectivity index (χ0) is 17.6. The summed E-state index contributed by atoms with van der Waals surface area (Å²) in [7, 11) is 0. The molecule has 0 aromatic heterocycles. The average molecular weight is 335 g/mol. The van der Waals surface area contributed by atoms with Gasteiger partial charge in [-0.05, 0) is 43.4 Å². The SMILES string of the molecule is CC(Cc1ccc(C(=O)N2CCCCC2)cc1)C(=O)c1ccccc1. The van der Waals surface area contributed by atoms with E-state index in [0.717, 1.165) is 42.6 Å². The van der Waals surface area contributed by atoms with Gasteiger partial charge in [0.1, 0.15) is 0 Å². The van der Waals surface area contributed by atoms with Crippen LogP contribution in [-0.2, 0) is 6.42 Å². The van der Waals surface area contributed by atoms with E-state index in [1.165, 1.54) is 6.42 Å². The van der Waals surface area contributed by atoms with Gasteiger partial charge >= 0.3 is 0 Å². The van der Waals surface area contributed by atoms with E-state index in [4.69, 9.17) is 0 Å². The highest BCUT2D eigenvalue weighted by Crippen LogP contribution is 2.17. The minimum Gasteiger partial charge on any atom is -0.339 e. The van der Waals surface area contributed by atoms with Gasteiger partial charge in [-0.3, -0.25) is 9.59 Å². The highest BCUT2D eigenvalue weighted by Gasteiger charge is 2.19. The molecule has 1 amide bonds. The van der Waals surface area contributed by atoms with Crippen molar-refractivity contribution in [3.05, 3.63) is 71.3 Å². The van der Waals surface area contributed by atoms with Crippen molar-refractivity contribution in [3.8, 4) is 0 Å². The molecule has 0 N–H and O–H groups in total. The molecule has 0 bridgehead atoms. The zero-order valence-electron chi connectivity index (χ0n) is 14.8.